The van der Waals surface area contributed by atoms with Gasteiger partial charge in [0, 0.05) is 22.9 Å². The zero-order valence-corrected chi connectivity index (χ0v) is 13.1. The van der Waals surface area contributed by atoms with Crippen LogP contribution in [0.25, 0.3) is 0 Å². The maximum atomic E-state index is 6.13. The fourth-order valence-corrected chi connectivity index (χ4v) is 3.04. The van der Waals surface area contributed by atoms with Crippen molar-refractivity contribution in [2.24, 2.45) is 0 Å². The highest BCUT2D eigenvalue weighted by Crippen LogP contribution is 2.25. The third kappa shape index (κ3) is 3.78. The molecule has 0 aliphatic heterocycles. The van der Waals surface area contributed by atoms with Crippen molar-refractivity contribution < 1.29 is 0 Å². The zero-order chi connectivity index (χ0) is 13.8. The van der Waals surface area contributed by atoms with E-state index in [-0.39, 0.29) is 6.04 Å². The highest BCUT2D eigenvalue weighted by atomic mass is 35.5. The lowest BCUT2D eigenvalue weighted by Crippen LogP contribution is -2.23. The van der Waals surface area contributed by atoms with Crippen LogP contribution in [0.15, 0.2) is 23.6 Å². The molecule has 0 aliphatic rings. The molecular formula is C15H19ClN2S. The summed E-state index contributed by atoms with van der Waals surface area (Å²) < 4.78 is 0. The van der Waals surface area contributed by atoms with Gasteiger partial charge < -0.3 is 5.32 Å². The summed E-state index contributed by atoms with van der Waals surface area (Å²) in [6.07, 6.45) is 0.902. The summed E-state index contributed by atoms with van der Waals surface area (Å²) in [6.45, 7) is 7.22. The van der Waals surface area contributed by atoms with E-state index in [9.17, 15) is 0 Å². The van der Waals surface area contributed by atoms with Crippen molar-refractivity contribution >= 4 is 22.9 Å². The first-order chi connectivity index (χ1) is 9.10. The lowest BCUT2D eigenvalue weighted by atomic mass is 9.97. The largest absolute Gasteiger partial charge is 0.310 e. The Morgan fingerprint density at radius 2 is 2.16 bits per heavy atom. The standard InChI is InChI=1S/C15H19ClN2S/c1-4-17-15(8-13-9-19-11(3)18-13)14-7-12(16)6-5-10(14)2/h5-7,9,15,17H,4,8H2,1-3H3. The number of hydrogen-bond donors (Lipinski definition) is 1. The van der Waals surface area contributed by atoms with Crippen LogP contribution in [0, 0.1) is 13.8 Å². The monoisotopic (exact) mass is 294 g/mol. The molecule has 2 aromatic rings. The highest BCUT2D eigenvalue weighted by Gasteiger charge is 2.15. The van der Waals surface area contributed by atoms with Gasteiger partial charge in [-0.25, -0.2) is 4.98 Å². The van der Waals surface area contributed by atoms with Gasteiger partial charge >= 0.3 is 0 Å². The SMILES string of the molecule is CCNC(Cc1csc(C)n1)c1cc(Cl)ccc1C. The van der Waals surface area contributed by atoms with E-state index in [1.165, 1.54) is 11.1 Å². The van der Waals surface area contributed by atoms with Gasteiger partial charge in [0.05, 0.1) is 10.7 Å². The molecule has 1 unspecified atom stereocenters. The number of likely N-dealkylation sites (N-methyl/N-ethyl adjacent to an activating group) is 1. The molecule has 0 aliphatic carbocycles. The smallest absolute Gasteiger partial charge is 0.0897 e. The number of aromatic nitrogens is 1. The van der Waals surface area contributed by atoms with Crippen molar-refractivity contribution in [2.45, 2.75) is 33.2 Å². The molecule has 1 heterocycles. The molecule has 0 amide bonds. The first-order valence-electron chi connectivity index (χ1n) is 6.50. The summed E-state index contributed by atoms with van der Waals surface area (Å²) in [5.41, 5.74) is 3.68. The van der Waals surface area contributed by atoms with Crippen LogP contribution in [0.4, 0.5) is 0 Å². The molecule has 0 spiro atoms. The maximum absolute atomic E-state index is 6.13. The fourth-order valence-electron chi connectivity index (χ4n) is 2.24. The third-order valence-electron chi connectivity index (χ3n) is 3.15. The summed E-state index contributed by atoms with van der Waals surface area (Å²) in [7, 11) is 0. The van der Waals surface area contributed by atoms with E-state index >= 15 is 0 Å². The van der Waals surface area contributed by atoms with Gasteiger partial charge in [-0.1, -0.05) is 24.6 Å². The van der Waals surface area contributed by atoms with Gasteiger partial charge in [-0.3, -0.25) is 0 Å². The molecular weight excluding hydrogens is 276 g/mol. The van der Waals surface area contributed by atoms with Crippen LogP contribution in [0.1, 0.15) is 34.8 Å². The van der Waals surface area contributed by atoms with E-state index in [4.69, 9.17) is 11.6 Å². The molecule has 0 bridgehead atoms. The van der Waals surface area contributed by atoms with Crippen molar-refractivity contribution in [2.75, 3.05) is 6.54 Å². The molecule has 2 nitrogen and oxygen atoms in total. The van der Waals surface area contributed by atoms with Gasteiger partial charge in [0.15, 0.2) is 0 Å². The van der Waals surface area contributed by atoms with E-state index in [0.29, 0.717) is 0 Å². The lowest BCUT2D eigenvalue weighted by molar-refractivity contribution is 0.542. The number of nitrogens with zero attached hydrogens (tertiary/aromatic N) is 1. The van der Waals surface area contributed by atoms with Gasteiger partial charge in [0.25, 0.3) is 0 Å². The van der Waals surface area contributed by atoms with Crippen LogP contribution in [0.3, 0.4) is 0 Å². The van der Waals surface area contributed by atoms with Crippen LogP contribution < -0.4 is 5.32 Å². The first kappa shape index (κ1) is 14.5. The molecule has 0 saturated carbocycles. The predicted octanol–water partition coefficient (Wildman–Crippen LogP) is 4.31. The minimum atomic E-state index is 0.269. The van der Waals surface area contributed by atoms with E-state index in [1.807, 2.05) is 13.0 Å². The summed E-state index contributed by atoms with van der Waals surface area (Å²) >= 11 is 7.83. The second-order valence-electron chi connectivity index (χ2n) is 4.67. The second kappa shape index (κ2) is 6.51. The quantitative estimate of drug-likeness (QED) is 0.889. The fraction of sp³-hybridized carbons (Fsp3) is 0.400. The van der Waals surface area contributed by atoms with Crippen LogP contribution in [0.2, 0.25) is 5.02 Å². The third-order valence-corrected chi connectivity index (χ3v) is 4.20. The predicted molar refractivity (Wildman–Crippen MR) is 83.2 cm³/mol. The number of halogens is 1. The van der Waals surface area contributed by atoms with Gasteiger partial charge in [-0.05, 0) is 43.7 Å². The molecule has 0 radical (unpaired) electrons. The molecule has 0 fully saturated rings. The van der Waals surface area contributed by atoms with Crippen molar-refractivity contribution in [3.63, 3.8) is 0 Å². The van der Waals surface area contributed by atoms with Gasteiger partial charge in [-0.2, -0.15) is 0 Å². The number of rotatable bonds is 5. The number of aryl methyl sites for hydroxylation is 2. The van der Waals surface area contributed by atoms with Crippen molar-refractivity contribution in [3.8, 4) is 0 Å². The summed E-state index contributed by atoms with van der Waals surface area (Å²) in [5, 5.41) is 7.58. The normalized spacial score (nSPS) is 12.6. The Hall–Kier alpha value is -0.900. The molecule has 4 heteroatoms. The van der Waals surface area contributed by atoms with E-state index < -0.39 is 0 Å². The molecule has 1 N–H and O–H groups in total. The minimum absolute atomic E-state index is 0.269. The van der Waals surface area contributed by atoms with Crippen molar-refractivity contribution in [1.29, 1.82) is 0 Å². The van der Waals surface area contributed by atoms with Gasteiger partial charge in [0.2, 0.25) is 0 Å². The van der Waals surface area contributed by atoms with Crippen molar-refractivity contribution in [3.05, 3.63) is 50.4 Å². The number of thiazole rings is 1. The van der Waals surface area contributed by atoms with Crippen LogP contribution in [-0.2, 0) is 6.42 Å². The Bertz CT molecular complexity index is 551. The average molecular weight is 295 g/mol. The Labute approximate surface area is 123 Å². The molecule has 19 heavy (non-hydrogen) atoms. The Kier molecular flexibility index (Phi) is 4.97. The van der Waals surface area contributed by atoms with E-state index in [1.54, 1.807) is 11.3 Å². The van der Waals surface area contributed by atoms with Gasteiger partial charge in [-0.15, -0.1) is 11.3 Å². The summed E-state index contributed by atoms with van der Waals surface area (Å²) in [4.78, 5) is 4.56. The topological polar surface area (TPSA) is 24.9 Å². The molecule has 102 valence electrons. The Morgan fingerprint density at radius 1 is 1.37 bits per heavy atom. The number of benzene rings is 1. The first-order valence-corrected chi connectivity index (χ1v) is 7.76. The molecule has 1 atom stereocenters. The van der Waals surface area contributed by atoms with Crippen molar-refractivity contribution in [1.82, 2.24) is 10.3 Å². The van der Waals surface area contributed by atoms with E-state index in [2.05, 4.69) is 41.7 Å². The highest BCUT2D eigenvalue weighted by molar-refractivity contribution is 7.09. The minimum Gasteiger partial charge on any atom is -0.310 e. The van der Waals surface area contributed by atoms with E-state index in [0.717, 1.165) is 28.7 Å². The molecule has 2 rings (SSSR count). The average Bonchev–Trinajstić information content (AvgIpc) is 2.77. The van der Waals surface area contributed by atoms with Gasteiger partial charge in [0.1, 0.15) is 0 Å². The lowest BCUT2D eigenvalue weighted by Gasteiger charge is -2.20. The molecule has 0 saturated heterocycles. The summed E-state index contributed by atoms with van der Waals surface area (Å²) in [6, 6.07) is 6.35. The molecule has 1 aromatic carbocycles. The van der Waals surface area contributed by atoms with Crippen LogP contribution >= 0.6 is 22.9 Å². The Balaban J connectivity index is 2.26. The number of hydrogen-bond acceptors (Lipinski definition) is 3. The summed E-state index contributed by atoms with van der Waals surface area (Å²) in [5.74, 6) is 0. The zero-order valence-electron chi connectivity index (χ0n) is 11.5. The Morgan fingerprint density at radius 3 is 2.79 bits per heavy atom. The molecule has 1 aromatic heterocycles. The second-order valence-corrected chi connectivity index (χ2v) is 6.17. The maximum Gasteiger partial charge on any atom is 0.0897 e. The van der Waals surface area contributed by atoms with Crippen LogP contribution in [-0.4, -0.2) is 11.5 Å². The van der Waals surface area contributed by atoms with Crippen LogP contribution in [0.5, 0.6) is 0 Å². The number of nitrogens with one attached hydrogen (secondary N) is 1.